The standard InChI is InChI=1S/C19H32N2/c1-14-6-8-16(9-7-14)18(15(2)20)21(5)17-10-12-19(3,4)13-11-17/h6-9,15,17-18H,10-13,20H2,1-5H3. The minimum absolute atomic E-state index is 0.146. The van der Waals surface area contributed by atoms with Crippen LogP contribution in [-0.4, -0.2) is 24.0 Å². The molecule has 2 unspecified atom stereocenters. The summed E-state index contributed by atoms with van der Waals surface area (Å²) >= 11 is 0. The van der Waals surface area contributed by atoms with Gasteiger partial charge in [-0.3, -0.25) is 4.90 Å². The Hall–Kier alpha value is -0.860. The topological polar surface area (TPSA) is 29.3 Å². The molecule has 1 aliphatic carbocycles. The maximum Gasteiger partial charge on any atom is 0.0496 e. The van der Waals surface area contributed by atoms with E-state index < -0.39 is 0 Å². The molecule has 2 rings (SSSR count). The molecule has 0 bridgehead atoms. The Balaban J connectivity index is 2.13. The fourth-order valence-electron chi connectivity index (χ4n) is 3.69. The van der Waals surface area contributed by atoms with Gasteiger partial charge in [0.2, 0.25) is 0 Å². The van der Waals surface area contributed by atoms with Crippen molar-refractivity contribution in [1.29, 1.82) is 0 Å². The number of nitrogens with zero attached hydrogens (tertiary/aromatic N) is 1. The van der Waals surface area contributed by atoms with Gasteiger partial charge in [0, 0.05) is 18.1 Å². The molecule has 0 aliphatic heterocycles. The molecule has 2 atom stereocenters. The largest absolute Gasteiger partial charge is 0.326 e. The van der Waals surface area contributed by atoms with E-state index in [1.54, 1.807) is 0 Å². The average molecular weight is 288 g/mol. The molecule has 1 fully saturated rings. The third kappa shape index (κ3) is 4.08. The summed E-state index contributed by atoms with van der Waals surface area (Å²) < 4.78 is 0. The molecule has 2 heteroatoms. The lowest BCUT2D eigenvalue weighted by molar-refractivity contribution is 0.0856. The smallest absolute Gasteiger partial charge is 0.0496 e. The Morgan fingerprint density at radius 1 is 1.14 bits per heavy atom. The Morgan fingerprint density at radius 2 is 1.67 bits per heavy atom. The number of benzene rings is 1. The quantitative estimate of drug-likeness (QED) is 0.896. The van der Waals surface area contributed by atoms with Gasteiger partial charge in [-0.2, -0.15) is 0 Å². The molecule has 1 aromatic carbocycles. The van der Waals surface area contributed by atoms with Crippen LogP contribution in [0.25, 0.3) is 0 Å². The summed E-state index contributed by atoms with van der Waals surface area (Å²) in [5, 5.41) is 0. The average Bonchev–Trinajstić information content (AvgIpc) is 2.40. The first-order valence-electron chi connectivity index (χ1n) is 8.34. The van der Waals surface area contributed by atoms with Gasteiger partial charge < -0.3 is 5.73 Å². The van der Waals surface area contributed by atoms with Gasteiger partial charge >= 0.3 is 0 Å². The van der Waals surface area contributed by atoms with Gasteiger partial charge in [0.15, 0.2) is 0 Å². The van der Waals surface area contributed by atoms with E-state index in [0.717, 1.165) is 0 Å². The molecule has 0 heterocycles. The molecule has 0 spiro atoms. The fraction of sp³-hybridized carbons (Fsp3) is 0.684. The van der Waals surface area contributed by atoms with Gasteiger partial charge in [-0.25, -0.2) is 0 Å². The lowest BCUT2D eigenvalue weighted by atomic mass is 9.75. The maximum absolute atomic E-state index is 6.33. The third-order valence-corrected chi connectivity index (χ3v) is 5.24. The monoisotopic (exact) mass is 288 g/mol. The van der Waals surface area contributed by atoms with E-state index in [2.05, 4.69) is 63.9 Å². The number of rotatable bonds is 4. The normalized spacial score (nSPS) is 22.2. The van der Waals surface area contributed by atoms with E-state index in [1.807, 2.05) is 0 Å². The molecular weight excluding hydrogens is 256 g/mol. The summed E-state index contributed by atoms with van der Waals surface area (Å²) in [5.41, 5.74) is 9.50. The molecule has 1 aliphatic rings. The maximum atomic E-state index is 6.33. The van der Waals surface area contributed by atoms with Gasteiger partial charge in [0.05, 0.1) is 0 Å². The van der Waals surface area contributed by atoms with Gasteiger partial charge in [-0.05, 0) is 57.6 Å². The van der Waals surface area contributed by atoms with Crippen LogP contribution in [0.5, 0.6) is 0 Å². The van der Waals surface area contributed by atoms with Crippen LogP contribution in [0.3, 0.4) is 0 Å². The van der Waals surface area contributed by atoms with Crippen molar-refractivity contribution in [3.63, 3.8) is 0 Å². The van der Waals surface area contributed by atoms with Crippen molar-refractivity contribution >= 4 is 0 Å². The minimum Gasteiger partial charge on any atom is -0.326 e. The highest BCUT2D eigenvalue weighted by molar-refractivity contribution is 5.25. The third-order valence-electron chi connectivity index (χ3n) is 5.24. The van der Waals surface area contributed by atoms with Crippen LogP contribution in [0, 0.1) is 12.3 Å². The predicted molar refractivity (Wildman–Crippen MR) is 91.4 cm³/mol. The Kier molecular flexibility index (Phi) is 5.11. The van der Waals surface area contributed by atoms with Gasteiger partial charge in [0.25, 0.3) is 0 Å². The second-order valence-electron chi connectivity index (χ2n) is 7.78. The summed E-state index contributed by atoms with van der Waals surface area (Å²) in [6, 6.07) is 10.0. The molecule has 2 nitrogen and oxygen atoms in total. The van der Waals surface area contributed by atoms with Crippen LogP contribution in [-0.2, 0) is 0 Å². The minimum atomic E-state index is 0.146. The van der Waals surface area contributed by atoms with E-state index in [0.29, 0.717) is 17.5 Å². The highest BCUT2D eigenvalue weighted by Gasteiger charge is 2.32. The Labute approximate surface area is 130 Å². The number of aryl methyl sites for hydroxylation is 1. The van der Waals surface area contributed by atoms with Crippen LogP contribution >= 0.6 is 0 Å². The fourth-order valence-corrected chi connectivity index (χ4v) is 3.69. The van der Waals surface area contributed by atoms with E-state index >= 15 is 0 Å². The van der Waals surface area contributed by atoms with Crippen molar-refractivity contribution in [2.75, 3.05) is 7.05 Å². The highest BCUT2D eigenvalue weighted by atomic mass is 15.2. The summed E-state index contributed by atoms with van der Waals surface area (Å²) in [6.07, 6.45) is 5.22. The number of nitrogens with two attached hydrogens (primary N) is 1. The highest BCUT2D eigenvalue weighted by Crippen LogP contribution is 2.39. The zero-order valence-electron chi connectivity index (χ0n) is 14.4. The second kappa shape index (κ2) is 6.50. The van der Waals surface area contributed by atoms with E-state index in [1.165, 1.54) is 36.8 Å². The van der Waals surface area contributed by atoms with Crippen LogP contribution < -0.4 is 5.73 Å². The van der Waals surface area contributed by atoms with Crippen molar-refractivity contribution in [2.24, 2.45) is 11.1 Å². The van der Waals surface area contributed by atoms with Crippen LogP contribution in [0.2, 0.25) is 0 Å². The molecular formula is C19H32N2. The Morgan fingerprint density at radius 3 is 2.14 bits per heavy atom. The lowest BCUT2D eigenvalue weighted by Crippen LogP contribution is -2.45. The lowest BCUT2D eigenvalue weighted by Gasteiger charge is -2.43. The first kappa shape index (κ1) is 16.5. The molecule has 21 heavy (non-hydrogen) atoms. The van der Waals surface area contributed by atoms with Crippen molar-refractivity contribution in [3.05, 3.63) is 35.4 Å². The molecule has 118 valence electrons. The molecule has 0 amide bonds. The van der Waals surface area contributed by atoms with Gasteiger partial charge in [-0.15, -0.1) is 0 Å². The number of hydrogen-bond donors (Lipinski definition) is 1. The van der Waals surface area contributed by atoms with Crippen LogP contribution in [0.4, 0.5) is 0 Å². The molecule has 1 aromatic rings. The summed E-state index contributed by atoms with van der Waals surface area (Å²) in [6.45, 7) is 9.06. The molecule has 0 aromatic heterocycles. The molecule has 2 N–H and O–H groups in total. The molecule has 0 radical (unpaired) electrons. The van der Waals surface area contributed by atoms with E-state index in [9.17, 15) is 0 Å². The molecule has 0 saturated heterocycles. The van der Waals surface area contributed by atoms with Gasteiger partial charge in [0.1, 0.15) is 0 Å². The van der Waals surface area contributed by atoms with Crippen molar-refractivity contribution in [1.82, 2.24) is 4.90 Å². The first-order chi connectivity index (χ1) is 9.80. The number of likely N-dealkylation sites (N-methyl/N-ethyl adjacent to an activating group) is 1. The van der Waals surface area contributed by atoms with E-state index in [-0.39, 0.29) is 6.04 Å². The summed E-state index contributed by atoms with van der Waals surface area (Å²) in [4.78, 5) is 2.53. The van der Waals surface area contributed by atoms with Crippen molar-refractivity contribution < 1.29 is 0 Å². The summed E-state index contributed by atoms with van der Waals surface area (Å²) in [5.74, 6) is 0. The zero-order chi connectivity index (χ0) is 15.6. The Bertz CT molecular complexity index is 437. The van der Waals surface area contributed by atoms with E-state index in [4.69, 9.17) is 5.73 Å². The van der Waals surface area contributed by atoms with Gasteiger partial charge in [-0.1, -0.05) is 43.7 Å². The molecule has 1 saturated carbocycles. The van der Waals surface area contributed by atoms with Crippen molar-refractivity contribution in [2.45, 2.75) is 71.5 Å². The van der Waals surface area contributed by atoms with Crippen molar-refractivity contribution in [3.8, 4) is 0 Å². The summed E-state index contributed by atoms with van der Waals surface area (Å²) in [7, 11) is 2.26. The predicted octanol–water partition coefficient (Wildman–Crippen LogP) is 4.28. The first-order valence-corrected chi connectivity index (χ1v) is 8.34. The second-order valence-corrected chi connectivity index (χ2v) is 7.78. The van der Waals surface area contributed by atoms with Crippen LogP contribution in [0.15, 0.2) is 24.3 Å². The number of hydrogen-bond acceptors (Lipinski definition) is 2. The SMILES string of the molecule is Cc1ccc(C(C(C)N)N(C)C2CCC(C)(C)CC2)cc1. The van der Waals surface area contributed by atoms with Crippen LogP contribution in [0.1, 0.15) is 63.6 Å². The zero-order valence-corrected chi connectivity index (χ0v) is 14.4.